The van der Waals surface area contributed by atoms with Crippen LogP contribution in [-0.4, -0.2) is 26.7 Å². The quantitative estimate of drug-likeness (QED) is 0.413. The Morgan fingerprint density at radius 1 is 1.21 bits per heavy atom. The van der Waals surface area contributed by atoms with Crippen LogP contribution in [0, 0.1) is 5.92 Å². The van der Waals surface area contributed by atoms with Gasteiger partial charge in [0, 0.05) is 23.6 Å². The molecule has 1 aliphatic rings. The van der Waals surface area contributed by atoms with Crippen molar-refractivity contribution in [3.63, 3.8) is 0 Å². The lowest BCUT2D eigenvalue weighted by atomic mass is 10.0. The van der Waals surface area contributed by atoms with Gasteiger partial charge in [-0.15, -0.1) is 6.58 Å². The largest absolute Gasteiger partial charge is 0.363 e. The topological polar surface area (TPSA) is 57.7 Å². The minimum absolute atomic E-state index is 0.0946. The lowest BCUT2D eigenvalue weighted by Gasteiger charge is -2.28. The van der Waals surface area contributed by atoms with Gasteiger partial charge in [0.15, 0.2) is 0 Å². The Labute approximate surface area is 90.1 Å². The van der Waals surface area contributed by atoms with Crippen LogP contribution in [0.1, 0.15) is 6.42 Å². The molecule has 0 aliphatic carbocycles. The van der Waals surface area contributed by atoms with Crippen LogP contribution in [0.5, 0.6) is 0 Å². The van der Waals surface area contributed by atoms with Crippen molar-refractivity contribution in [1.82, 2.24) is 8.84 Å². The van der Waals surface area contributed by atoms with E-state index in [4.69, 9.17) is 23.6 Å². The SMILES string of the molecule is C=CCC1C(=O)N(Cl)C(=O)N(Cl)C1=O. The van der Waals surface area contributed by atoms with Crippen LogP contribution >= 0.6 is 23.6 Å². The second-order valence-corrected chi connectivity index (χ2v) is 3.27. The van der Waals surface area contributed by atoms with Gasteiger partial charge in [-0.25, -0.2) is 4.79 Å². The maximum absolute atomic E-state index is 11.3. The van der Waals surface area contributed by atoms with E-state index in [0.29, 0.717) is 8.84 Å². The van der Waals surface area contributed by atoms with Gasteiger partial charge in [0.05, 0.1) is 0 Å². The highest BCUT2D eigenvalue weighted by Gasteiger charge is 2.44. The third-order valence-electron chi connectivity index (χ3n) is 1.72. The highest BCUT2D eigenvalue weighted by atomic mass is 35.5. The first-order valence-corrected chi connectivity index (χ1v) is 4.32. The van der Waals surface area contributed by atoms with Gasteiger partial charge >= 0.3 is 6.03 Å². The summed E-state index contributed by atoms with van der Waals surface area (Å²) in [7, 11) is 0. The predicted octanol–water partition coefficient (Wildman–Crippen LogP) is 1.28. The van der Waals surface area contributed by atoms with E-state index in [1.165, 1.54) is 6.08 Å². The summed E-state index contributed by atoms with van der Waals surface area (Å²) in [6.45, 7) is 3.38. The van der Waals surface area contributed by atoms with E-state index in [2.05, 4.69) is 6.58 Å². The smallest absolute Gasteiger partial charge is 0.272 e. The number of nitrogens with zero attached hydrogens (tertiary/aromatic N) is 2. The van der Waals surface area contributed by atoms with Crippen molar-refractivity contribution < 1.29 is 14.4 Å². The van der Waals surface area contributed by atoms with Gasteiger partial charge in [0.1, 0.15) is 5.92 Å². The molecule has 14 heavy (non-hydrogen) atoms. The summed E-state index contributed by atoms with van der Waals surface area (Å²) in [5.74, 6) is -2.61. The summed E-state index contributed by atoms with van der Waals surface area (Å²) in [5, 5.41) is 0. The summed E-state index contributed by atoms with van der Waals surface area (Å²) < 4.78 is 0.588. The Bertz CT molecular complexity index is 294. The zero-order chi connectivity index (χ0) is 10.9. The van der Waals surface area contributed by atoms with Gasteiger partial charge < -0.3 is 0 Å². The third kappa shape index (κ3) is 1.60. The molecule has 4 amide bonds. The van der Waals surface area contributed by atoms with Gasteiger partial charge in [-0.2, -0.15) is 8.84 Å². The van der Waals surface area contributed by atoms with E-state index in [-0.39, 0.29) is 6.42 Å². The van der Waals surface area contributed by atoms with Crippen LogP contribution in [0.3, 0.4) is 0 Å². The molecule has 1 saturated heterocycles. The Morgan fingerprint density at radius 3 is 2.00 bits per heavy atom. The average Bonchev–Trinajstić information content (AvgIpc) is 2.19. The highest BCUT2D eigenvalue weighted by molar-refractivity contribution is 6.42. The van der Waals surface area contributed by atoms with Crippen molar-refractivity contribution in [2.45, 2.75) is 6.42 Å². The Balaban J connectivity index is 2.97. The maximum atomic E-state index is 11.3. The number of amides is 4. The summed E-state index contributed by atoms with van der Waals surface area (Å²) in [6, 6.07) is -1.05. The molecule has 0 radical (unpaired) electrons. The van der Waals surface area contributed by atoms with Crippen LogP contribution in [-0.2, 0) is 9.59 Å². The molecule has 0 N–H and O–H groups in total. The number of urea groups is 1. The fraction of sp³-hybridized carbons (Fsp3) is 0.286. The normalized spacial score (nSPS) is 19.1. The lowest BCUT2D eigenvalue weighted by molar-refractivity contribution is -0.142. The second kappa shape index (κ2) is 3.98. The molecule has 76 valence electrons. The van der Waals surface area contributed by atoms with Crippen molar-refractivity contribution >= 4 is 41.4 Å². The van der Waals surface area contributed by atoms with Gasteiger partial charge in [-0.3, -0.25) is 9.59 Å². The van der Waals surface area contributed by atoms with Crippen LogP contribution in [0.2, 0.25) is 0 Å². The van der Waals surface area contributed by atoms with Crippen molar-refractivity contribution in [3.05, 3.63) is 12.7 Å². The van der Waals surface area contributed by atoms with E-state index in [9.17, 15) is 14.4 Å². The second-order valence-electron chi connectivity index (χ2n) is 2.60. The van der Waals surface area contributed by atoms with Crippen LogP contribution in [0.4, 0.5) is 4.79 Å². The Kier molecular flexibility index (Phi) is 3.13. The molecular formula is C7H6Cl2N2O3. The summed E-state index contributed by atoms with van der Waals surface area (Å²) in [4.78, 5) is 33.6. The number of carbonyl (C=O) groups is 3. The molecule has 0 aromatic carbocycles. The van der Waals surface area contributed by atoms with Crippen molar-refractivity contribution in [1.29, 1.82) is 0 Å². The molecule has 0 unspecified atom stereocenters. The number of imide groups is 2. The fourth-order valence-electron chi connectivity index (χ4n) is 1.01. The van der Waals surface area contributed by atoms with E-state index in [1.54, 1.807) is 0 Å². The molecular weight excluding hydrogens is 231 g/mol. The molecule has 0 spiro atoms. The van der Waals surface area contributed by atoms with E-state index >= 15 is 0 Å². The molecule has 5 nitrogen and oxygen atoms in total. The molecule has 1 rings (SSSR count). The number of hydrogen-bond donors (Lipinski definition) is 0. The molecule has 0 bridgehead atoms. The first-order chi connectivity index (χ1) is 6.50. The molecule has 0 atom stereocenters. The van der Waals surface area contributed by atoms with Gasteiger partial charge in [-0.05, 0) is 6.42 Å². The Hall–Kier alpha value is -1.07. The zero-order valence-electron chi connectivity index (χ0n) is 6.94. The molecule has 1 aliphatic heterocycles. The standard InChI is InChI=1S/C7H6Cl2N2O3/c1-2-3-4-5(12)10(8)7(14)11(9)6(4)13/h2,4H,1,3H2. The zero-order valence-corrected chi connectivity index (χ0v) is 8.46. The monoisotopic (exact) mass is 236 g/mol. The van der Waals surface area contributed by atoms with Gasteiger partial charge in [0.25, 0.3) is 11.8 Å². The third-order valence-corrected chi connectivity index (χ3v) is 2.34. The number of barbiturate groups is 1. The molecule has 7 heteroatoms. The minimum atomic E-state index is -1.06. The molecule has 1 fully saturated rings. The predicted molar refractivity (Wildman–Crippen MR) is 49.1 cm³/mol. The maximum Gasteiger partial charge on any atom is 0.363 e. The number of carbonyl (C=O) groups excluding carboxylic acids is 3. The van der Waals surface area contributed by atoms with E-state index < -0.39 is 23.8 Å². The average molecular weight is 237 g/mol. The van der Waals surface area contributed by atoms with Crippen LogP contribution in [0.15, 0.2) is 12.7 Å². The minimum Gasteiger partial charge on any atom is -0.272 e. The molecule has 0 aromatic rings. The highest BCUT2D eigenvalue weighted by Crippen LogP contribution is 2.23. The Morgan fingerprint density at radius 2 is 1.64 bits per heavy atom. The molecule has 0 saturated carbocycles. The van der Waals surface area contributed by atoms with Crippen molar-refractivity contribution in [2.24, 2.45) is 5.92 Å². The van der Waals surface area contributed by atoms with E-state index in [0.717, 1.165) is 0 Å². The first kappa shape index (κ1) is 11.0. The van der Waals surface area contributed by atoms with Crippen molar-refractivity contribution in [2.75, 3.05) is 0 Å². The summed E-state index contributed by atoms with van der Waals surface area (Å²) in [6.07, 6.45) is 1.48. The van der Waals surface area contributed by atoms with Gasteiger partial charge in [-0.1, -0.05) is 6.08 Å². The summed E-state index contributed by atoms with van der Waals surface area (Å²) in [5.41, 5.74) is 0. The molecule has 0 aromatic heterocycles. The number of halogens is 2. The number of allylic oxidation sites excluding steroid dienone is 1. The molecule has 1 heterocycles. The van der Waals surface area contributed by atoms with Gasteiger partial charge in [0.2, 0.25) is 0 Å². The fourth-order valence-corrected chi connectivity index (χ4v) is 1.44. The first-order valence-electron chi connectivity index (χ1n) is 3.65. The summed E-state index contributed by atoms with van der Waals surface area (Å²) >= 11 is 10.7. The van der Waals surface area contributed by atoms with Crippen LogP contribution < -0.4 is 0 Å². The number of hydrogen-bond acceptors (Lipinski definition) is 3. The number of rotatable bonds is 2. The van der Waals surface area contributed by atoms with Crippen molar-refractivity contribution in [3.8, 4) is 0 Å². The van der Waals surface area contributed by atoms with E-state index in [1.807, 2.05) is 0 Å². The lowest BCUT2D eigenvalue weighted by Crippen LogP contribution is -2.52. The van der Waals surface area contributed by atoms with Crippen LogP contribution in [0.25, 0.3) is 0 Å².